The minimum Gasteiger partial charge on any atom is -0.497 e. The molecule has 32 heavy (non-hydrogen) atoms. The number of rotatable bonds is 8. The van der Waals surface area contributed by atoms with Crippen LogP contribution in [-0.4, -0.2) is 37.9 Å². The molecule has 0 amide bonds. The third-order valence-corrected chi connectivity index (χ3v) is 6.73. The van der Waals surface area contributed by atoms with E-state index in [1.807, 2.05) is 72.3 Å². The average Bonchev–Trinajstić information content (AvgIpc) is 3.22. The van der Waals surface area contributed by atoms with Crippen LogP contribution < -0.4 is 4.74 Å². The third-order valence-electron chi connectivity index (χ3n) is 5.44. The quantitative estimate of drug-likeness (QED) is 0.404. The lowest BCUT2D eigenvalue weighted by Crippen LogP contribution is -2.30. The Bertz CT molecular complexity index is 1300. The number of fused-ring (bicyclic) bond motifs is 1. The summed E-state index contributed by atoms with van der Waals surface area (Å²) in [6, 6.07) is 22.9. The van der Waals surface area contributed by atoms with Gasteiger partial charge in [0.2, 0.25) is 0 Å². The molecule has 0 spiro atoms. The maximum absolute atomic E-state index is 12.6. The molecule has 1 aromatic heterocycles. The average molecular weight is 452 g/mol. The van der Waals surface area contributed by atoms with Gasteiger partial charge in [-0.25, -0.2) is 0 Å². The van der Waals surface area contributed by atoms with Crippen molar-refractivity contribution in [2.75, 3.05) is 13.7 Å². The standard InChI is InChI=1S/C25H25NO5S/c1-18-8-11-22(12-9-18)32(28,29)31-17-24(27)25(19-6-4-3-5-7-19)26-15-14-20-16-21(30-2)10-13-23(20)26/h3-16,24-25,27H,17H2,1-2H3/t24-,25+/m1/s1. The zero-order valence-corrected chi connectivity index (χ0v) is 18.7. The maximum Gasteiger partial charge on any atom is 0.297 e. The second-order valence-electron chi connectivity index (χ2n) is 7.62. The van der Waals surface area contributed by atoms with Crippen LogP contribution in [0.3, 0.4) is 0 Å². The van der Waals surface area contributed by atoms with Crippen LogP contribution in [0.1, 0.15) is 17.2 Å². The summed E-state index contributed by atoms with van der Waals surface area (Å²) < 4.78 is 37.7. The molecule has 166 valence electrons. The molecule has 0 saturated heterocycles. The Labute approximate surface area is 187 Å². The van der Waals surface area contributed by atoms with Gasteiger partial charge in [-0.05, 0) is 48.9 Å². The summed E-state index contributed by atoms with van der Waals surface area (Å²) in [6.07, 6.45) is 0.759. The van der Waals surface area contributed by atoms with Gasteiger partial charge in [-0.1, -0.05) is 48.0 Å². The lowest BCUT2D eigenvalue weighted by molar-refractivity contribution is 0.0785. The summed E-state index contributed by atoms with van der Waals surface area (Å²) in [5.41, 5.74) is 2.67. The number of methoxy groups -OCH3 is 1. The fourth-order valence-electron chi connectivity index (χ4n) is 3.75. The molecule has 7 heteroatoms. The molecule has 4 aromatic rings. The zero-order chi connectivity index (χ0) is 22.7. The highest BCUT2D eigenvalue weighted by atomic mass is 32.2. The van der Waals surface area contributed by atoms with Crippen molar-refractivity contribution in [2.45, 2.75) is 24.0 Å². The third kappa shape index (κ3) is 4.55. The summed E-state index contributed by atoms with van der Waals surface area (Å²) in [5, 5.41) is 12.1. The van der Waals surface area contributed by atoms with E-state index in [1.54, 1.807) is 19.2 Å². The monoisotopic (exact) mass is 451 g/mol. The molecule has 3 aromatic carbocycles. The first kappa shape index (κ1) is 22.1. The van der Waals surface area contributed by atoms with E-state index >= 15 is 0 Å². The first-order chi connectivity index (χ1) is 15.4. The smallest absolute Gasteiger partial charge is 0.297 e. The van der Waals surface area contributed by atoms with E-state index in [9.17, 15) is 13.5 Å². The number of hydrogen-bond acceptors (Lipinski definition) is 5. The predicted octanol–water partition coefficient (Wildman–Crippen LogP) is 4.31. The predicted molar refractivity (Wildman–Crippen MR) is 123 cm³/mol. The SMILES string of the molecule is COc1ccc2c(ccn2[C@@H](c2ccccc2)[C@H](O)COS(=O)(=O)c2ccc(C)cc2)c1. The van der Waals surface area contributed by atoms with Crippen LogP contribution in [-0.2, 0) is 14.3 Å². The number of aryl methyl sites for hydroxylation is 1. The van der Waals surface area contributed by atoms with Crippen LogP contribution in [0.15, 0.2) is 90.0 Å². The van der Waals surface area contributed by atoms with Gasteiger partial charge in [-0.3, -0.25) is 4.18 Å². The summed E-state index contributed by atoms with van der Waals surface area (Å²) in [5.74, 6) is 0.736. The van der Waals surface area contributed by atoms with Gasteiger partial charge in [0.05, 0.1) is 24.7 Å². The first-order valence-electron chi connectivity index (χ1n) is 10.2. The van der Waals surface area contributed by atoms with Crippen LogP contribution in [0.4, 0.5) is 0 Å². The van der Waals surface area contributed by atoms with Gasteiger partial charge >= 0.3 is 0 Å². The molecule has 0 bridgehead atoms. The van der Waals surface area contributed by atoms with Crippen LogP contribution >= 0.6 is 0 Å². The van der Waals surface area contributed by atoms with Gasteiger partial charge < -0.3 is 14.4 Å². The lowest BCUT2D eigenvalue weighted by Gasteiger charge is -2.26. The van der Waals surface area contributed by atoms with Gasteiger partial charge in [0.1, 0.15) is 11.9 Å². The fraction of sp³-hybridized carbons (Fsp3) is 0.200. The number of benzene rings is 3. The van der Waals surface area contributed by atoms with Crippen LogP contribution in [0.5, 0.6) is 5.75 Å². The van der Waals surface area contributed by atoms with E-state index in [0.29, 0.717) is 0 Å². The number of aliphatic hydroxyl groups excluding tert-OH is 1. The molecule has 0 aliphatic carbocycles. The molecule has 0 aliphatic rings. The summed E-state index contributed by atoms with van der Waals surface area (Å²) in [7, 11) is -2.38. The van der Waals surface area contributed by atoms with Crippen LogP contribution in [0.2, 0.25) is 0 Å². The molecule has 4 rings (SSSR count). The number of nitrogens with zero attached hydrogens (tertiary/aromatic N) is 1. The Kier molecular flexibility index (Phi) is 6.32. The molecular weight excluding hydrogens is 426 g/mol. The van der Waals surface area contributed by atoms with Crippen molar-refractivity contribution < 1.29 is 22.4 Å². The highest BCUT2D eigenvalue weighted by Gasteiger charge is 2.27. The minimum absolute atomic E-state index is 0.0603. The normalized spacial score (nSPS) is 13.7. The largest absolute Gasteiger partial charge is 0.497 e. The van der Waals surface area contributed by atoms with E-state index in [2.05, 4.69) is 0 Å². The topological polar surface area (TPSA) is 77.8 Å². The lowest BCUT2D eigenvalue weighted by atomic mass is 10.0. The Morgan fingerprint density at radius 3 is 2.38 bits per heavy atom. The Morgan fingerprint density at radius 2 is 1.69 bits per heavy atom. The van der Waals surface area contributed by atoms with E-state index in [4.69, 9.17) is 8.92 Å². The molecule has 0 radical (unpaired) electrons. The molecular formula is C25H25NO5S. The molecule has 1 N–H and O–H groups in total. The molecule has 1 heterocycles. The van der Waals surface area contributed by atoms with E-state index in [1.165, 1.54) is 12.1 Å². The molecule has 0 aliphatic heterocycles. The van der Waals surface area contributed by atoms with Crippen LogP contribution in [0.25, 0.3) is 10.9 Å². The number of ether oxygens (including phenoxy) is 1. The minimum atomic E-state index is -3.99. The van der Waals surface area contributed by atoms with Crippen molar-refractivity contribution in [3.8, 4) is 5.75 Å². The zero-order valence-electron chi connectivity index (χ0n) is 17.9. The van der Waals surface area contributed by atoms with Gasteiger partial charge in [0, 0.05) is 17.1 Å². The highest BCUT2D eigenvalue weighted by Crippen LogP contribution is 2.30. The van der Waals surface area contributed by atoms with Gasteiger partial charge in [0.25, 0.3) is 10.1 Å². The first-order valence-corrected chi connectivity index (χ1v) is 11.6. The van der Waals surface area contributed by atoms with Crippen molar-refractivity contribution in [3.05, 3.63) is 96.2 Å². The van der Waals surface area contributed by atoms with E-state index in [-0.39, 0.29) is 11.5 Å². The van der Waals surface area contributed by atoms with E-state index in [0.717, 1.165) is 27.8 Å². The van der Waals surface area contributed by atoms with Gasteiger partial charge in [-0.2, -0.15) is 8.42 Å². The second-order valence-corrected chi connectivity index (χ2v) is 9.24. The van der Waals surface area contributed by atoms with E-state index < -0.39 is 22.3 Å². The van der Waals surface area contributed by atoms with Crippen molar-refractivity contribution in [3.63, 3.8) is 0 Å². The van der Waals surface area contributed by atoms with Crippen LogP contribution in [0, 0.1) is 6.92 Å². The van der Waals surface area contributed by atoms with Crippen molar-refractivity contribution in [1.29, 1.82) is 0 Å². The van der Waals surface area contributed by atoms with Crippen molar-refractivity contribution >= 4 is 21.0 Å². The Hall–Kier alpha value is -3.13. The Morgan fingerprint density at radius 1 is 0.969 bits per heavy atom. The summed E-state index contributed by atoms with van der Waals surface area (Å²) in [4.78, 5) is 0.0603. The Balaban J connectivity index is 1.65. The fourth-order valence-corrected chi connectivity index (χ4v) is 4.68. The second kappa shape index (κ2) is 9.16. The molecule has 0 saturated carbocycles. The molecule has 2 atom stereocenters. The number of aliphatic hydroxyl groups is 1. The molecule has 0 fully saturated rings. The van der Waals surface area contributed by atoms with Gasteiger partial charge in [0.15, 0.2) is 0 Å². The maximum atomic E-state index is 12.6. The highest BCUT2D eigenvalue weighted by molar-refractivity contribution is 7.86. The van der Waals surface area contributed by atoms with Crippen molar-refractivity contribution in [2.24, 2.45) is 0 Å². The summed E-state index contributed by atoms with van der Waals surface area (Å²) >= 11 is 0. The molecule has 0 unspecified atom stereocenters. The summed E-state index contributed by atoms with van der Waals surface area (Å²) in [6.45, 7) is 1.49. The number of aromatic nitrogens is 1. The molecule has 6 nitrogen and oxygen atoms in total. The number of hydrogen-bond donors (Lipinski definition) is 1. The van der Waals surface area contributed by atoms with Gasteiger partial charge in [-0.15, -0.1) is 0 Å². The van der Waals surface area contributed by atoms with Crippen molar-refractivity contribution in [1.82, 2.24) is 4.57 Å².